The summed E-state index contributed by atoms with van der Waals surface area (Å²) in [5.41, 5.74) is 2.79. The predicted molar refractivity (Wildman–Crippen MR) is 83.7 cm³/mol. The molecule has 0 aliphatic carbocycles. The SMILES string of the molecule is CCNCc1cccc(CN(C)CC2CCOCC2)c1. The smallest absolute Gasteiger partial charge is 0.0469 e. The van der Waals surface area contributed by atoms with Crippen LogP contribution in [0.25, 0.3) is 0 Å². The van der Waals surface area contributed by atoms with E-state index < -0.39 is 0 Å². The van der Waals surface area contributed by atoms with E-state index in [9.17, 15) is 0 Å². The van der Waals surface area contributed by atoms with Crippen molar-refractivity contribution in [3.63, 3.8) is 0 Å². The Labute approximate surface area is 123 Å². The minimum absolute atomic E-state index is 0.804. The Hall–Kier alpha value is -0.900. The van der Waals surface area contributed by atoms with Gasteiger partial charge in [-0.2, -0.15) is 0 Å². The third-order valence-electron chi connectivity index (χ3n) is 3.93. The van der Waals surface area contributed by atoms with E-state index in [1.54, 1.807) is 0 Å². The average Bonchev–Trinajstić information content (AvgIpc) is 2.46. The van der Waals surface area contributed by atoms with Crippen molar-refractivity contribution in [3.05, 3.63) is 35.4 Å². The summed E-state index contributed by atoms with van der Waals surface area (Å²) in [5.74, 6) is 0.804. The van der Waals surface area contributed by atoms with E-state index in [4.69, 9.17) is 4.74 Å². The molecule has 0 amide bonds. The highest BCUT2D eigenvalue weighted by Crippen LogP contribution is 2.17. The van der Waals surface area contributed by atoms with Gasteiger partial charge in [-0.3, -0.25) is 0 Å². The molecule has 0 spiro atoms. The van der Waals surface area contributed by atoms with Crippen molar-refractivity contribution in [2.45, 2.75) is 32.9 Å². The van der Waals surface area contributed by atoms with Crippen molar-refractivity contribution in [2.75, 3.05) is 33.4 Å². The average molecular weight is 276 g/mol. The maximum atomic E-state index is 5.43. The Morgan fingerprint density at radius 2 is 2.00 bits per heavy atom. The van der Waals surface area contributed by atoms with Gasteiger partial charge in [0.2, 0.25) is 0 Å². The quantitative estimate of drug-likeness (QED) is 0.828. The molecule has 2 rings (SSSR count). The molecule has 0 bridgehead atoms. The van der Waals surface area contributed by atoms with Crippen molar-refractivity contribution < 1.29 is 4.74 Å². The number of rotatable bonds is 7. The van der Waals surface area contributed by atoms with Gasteiger partial charge in [0, 0.05) is 32.8 Å². The number of benzene rings is 1. The Kier molecular flexibility index (Phi) is 6.51. The lowest BCUT2D eigenvalue weighted by molar-refractivity contribution is 0.0549. The zero-order chi connectivity index (χ0) is 14.2. The Bertz CT molecular complexity index is 388. The third kappa shape index (κ3) is 5.23. The molecule has 1 aliphatic heterocycles. The van der Waals surface area contributed by atoms with Crippen LogP contribution in [0.3, 0.4) is 0 Å². The van der Waals surface area contributed by atoms with Gasteiger partial charge in [0.1, 0.15) is 0 Å². The zero-order valence-corrected chi connectivity index (χ0v) is 12.9. The summed E-state index contributed by atoms with van der Waals surface area (Å²) < 4.78 is 5.43. The second-order valence-corrected chi connectivity index (χ2v) is 5.85. The molecule has 0 atom stereocenters. The highest BCUT2D eigenvalue weighted by Gasteiger charge is 2.15. The largest absolute Gasteiger partial charge is 0.381 e. The van der Waals surface area contributed by atoms with Crippen LogP contribution in [0.4, 0.5) is 0 Å². The van der Waals surface area contributed by atoms with Crippen LogP contribution in [0.2, 0.25) is 0 Å². The summed E-state index contributed by atoms with van der Waals surface area (Å²) >= 11 is 0. The summed E-state index contributed by atoms with van der Waals surface area (Å²) in [6.45, 7) is 8.24. The molecule has 1 aromatic rings. The molecule has 1 N–H and O–H groups in total. The van der Waals surface area contributed by atoms with E-state index in [2.05, 4.69) is 48.5 Å². The Morgan fingerprint density at radius 3 is 2.75 bits per heavy atom. The highest BCUT2D eigenvalue weighted by molar-refractivity contribution is 5.23. The molecule has 1 fully saturated rings. The Morgan fingerprint density at radius 1 is 1.25 bits per heavy atom. The van der Waals surface area contributed by atoms with E-state index >= 15 is 0 Å². The van der Waals surface area contributed by atoms with E-state index in [1.807, 2.05) is 0 Å². The van der Waals surface area contributed by atoms with Crippen molar-refractivity contribution >= 4 is 0 Å². The van der Waals surface area contributed by atoms with Crippen LogP contribution < -0.4 is 5.32 Å². The highest BCUT2D eigenvalue weighted by atomic mass is 16.5. The zero-order valence-electron chi connectivity index (χ0n) is 12.9. The van der Waals surface area contributed by atoms with E-state index in [0.717, 1.165) is 38.8 Å². The summed E-state index contributed by atoms with van der Waals surface area (Å²) in [5, 5.41) is 3.38. The molecule has 1 aliphatic rings. The van der Waals surface area contributed by atoms with Crippen LogP contribution in [0.5, 0.6) is 0 Å². The summed E-state index contributed by atoms with van der Waals surface area (Å²) in [6, 6.07) is 8.92. The van der Waals surface area contributed by atoms with Gasteiger partial charge in [-0.05, 0) is 43.5 Å². The first-order valence-corrected chi connectivity index (χ1v) is 7.82. The fourth-order valence-electron chi connectivity index (χ4n) is 2.85. The number of nitrogens with one attached hydrogen (secondary N) is 1. The van der Waals surface area contributed by atoms with Crippen LogP contribution in [-0.2, 0) is 17.8 Å². The van der Waals surface area contributed by atoms with E-state index in [0.29, 0.717) is 0 Å². The fourth-order valence-corrected chi connectivity index (χ4v) is 2.85. The lowest BCUT2D eigenvalue weighted by Crippen LogP contribution is -2.29. The first-order valence-electron chi connectivity index (χ1n) is 7.82. The number of hydrogen-bond donors (Lipinski definition) is 1. The molecule has 20 heavy (non-hydrogen) atoms. The first-order chi connectivity index (χ1) is 9.78. The summed E-state index contributed by atoms with van der Waals surface area (Å²) in [7, 11) is 2.23. The number of hydrogen-bond acceptors (Lipinski definition) is 3. The van der Waals surface area contributed by atoms with Gasteiger partial charge in [-0.1, -0.05) is 31.2 Å². The molecule has 112 valence electrons. The van der Waals surface area contributed by atoms with Crippen molar-refractivity contribution in [2.24, 2.45) is 5.92 Å². The van der Waals surface area contributed by atoms with Crippen molar-refractivity contribution in [1.82, 2.24) is 10.2 Å². The molecule has 3 heteroatoms. The molecule has 1 saturated heterocycles. The molecule has 3 nitrogen and oxygen atoms in total. The molecule has 0 aromatic heterocycles. The van der Waals surface area contributed by atoms with Gasteiger partial charge in [-0.25, -0.2) is 0 Å². The molecule has 0 unspecified atom stereocenters. The molecule has 1 aromatic carbocycles. The standard InChI is InChI=1S/C17H28N2O/c1-3-18-12-16-5-4-6-17(11-16)14-19(2)13-15-7-9-20-10-8-15/h4-6,11,15,18H,3,7-10,12-14H2,1-2H3. The molecule has 0 saturated carbocycles. The summed E-state index contributed by atoms with van der Waals surface area (Å²) in [6.07, 6.45) is 2.43. The minimum Gasteiger partial charge on any atom is -0.381 e. The minimum atomic E-state index is 0.804. The lowest BCUT2D eigenvalue weighted by atomic mass is 9.99. The van der Waals surface area contributed by atoms with E-state index in [1.165, 1.54) is 30.5 Å². The van der Waals surface area contributed by atoms with Crippen LogP contribution in [0, 0.1) is 5.92 Å². The van der Waals surface area contributed by atoms with Gasteiger partial charge in [-0.15, -0.1) is 0 Å². The molecular formula is C17H28N2O. The topological polar surface area (TPSA) is 24.5 Å². The molecule has 1 heterocycles. The fraction of sp³-hybridized carbons (Fsp3) is 0.647. The number of ether oxygens (including phenoxy) is 1. The maximum absolute atomic E-state index is 5.43. The van der Waals surface area contributed by atoms with Crippen LogP contribution in [0.15, 0.2) is 24.3 Å². The third-order valence-corrected chi connectivity index (χ3v) is 3.93. The maximum Gasteiger partial charge on any atom is 0.0469 e. The van der Waals surface area contributed by atoms with Gasteiger partial charge < -0.3 is 15.0 Å². The van der Waals surface area contributed by atoms with Crippen molar-refractivity contribution in [3.8, 4) is 0 Å². The van der Waals surface area contributed by atoms with Gasteiger partial charge in [0.25, 0.3) is 0 Å². The van der Waals surface area contributed by atoms with Crippen molar-refractivity contribution in [1.29, 1.82) is 0 Å². The van der Waals surface area contributed by atoms with Gasteiger partial charge in [0.05, 0.1) is 0 Å². The van der Waals surface area contributed by atoms with Crippen LogP contribution >= 0.6 is 0 Å². The number of nitrogens with zero attached hydrogens (tertiary/aromatic N) is 1. The molecular weight excluding hydrogens is 248 g/mol. The Balaban J connectivity index is 1.81. The normalized spacial score (nSPS) is 16.8. The van der Waals surface area contributed by atoms with E-state index in [-0.39, 0.29) is 0 Å². The molecule has 0 radical (unpaired) electrons. The van der Waals surface area contributed by atoms with Crippen LogP contribution in [0.1, 0.15) is 30.9 Å². The second kappa shape index (κ2) is 8.40. The predicted octanol–water partition coefficient (Wildman–Crippen LogP) is 2.65. The first kappa shape index (κ1) is 15.5. The monoisotopic (exact) mass is 276 g/mol. The lowest BCUT2D eigenvalue weighted by Gasteiger charge is -2.27. The summed E-state index contributed by atoms with van der Waals surface area (Å²) in [4.78, 5) is 2.45. The second-order valence-electron chi connectivity index (χ2n) is 5.85. The van der Waals surface area contributed by atoms with Gasteiger partial charge >= 0.3 is 0 Å². The van der Waals surface area contributed by atoms with Gasteiger partial charge in [0.15, 0.2) is 0 Å². The van der Waals surface area contributed by atoms with Crippen LogP contribution in [-0.4, -0.2) is 38.3 Å².